The molecule has 0 radical (unpaired) electrons. The van der Waals surface area contributed by atoms with Crippen LogP contribution in [0.15, 0.2) is 36.8 Å². The molecule has 154 valence electrons. The number of rotatable bonds is 2. The Bertz CT molecular complexity index is 1040. The van der Waals surface area contributed by atoms with Crippen LogP contribution in [0, 0.1) is 5.82 Å². The highest BCUT2D eigenvalue weighted by Crippen LogP contribution is 2.25. The van der Waals surface area contributed by atoms with Crippen LogP contribution in [0.2, 0.25) is 0 Å². The highest BCUT2D eigenvalue weighted by atomic mass is 32.1. The molecule has 0 unspecified atom stereocenters. The predicted molar refractivity (Wildman–Crippen MR) is 120 cm³/mol. The molecule has 1 aliphatic carbocycles. The molecule has 5 nitrogen and oxygen atoms in total. The first kappa shape index (κ1) is 21.2. The van der Waals surface area contributed by atoms with Gasteiger partial charge in [-0.1, -0.05) is 69.8 Å². The lowest BCUT2D eigenvalue weighted by atomic mass is 10.0. The average molecular weight is 414 g/mol. The Balaban J connectivity index is 0.000000256. The van der Waals surface area contributed by atoms with E-state index in [4.69, 9.17) is 5.73 Å². The van der Waals surface area contributed by atoms with Gasteiger partial charge in [-0.15, -0.1) is 0 Å². The third-order valence-electron chi connectivity index (χ3n) is 4.74. The van der Waals surface area contributed by atoms with Crippen LogP contribution in [0.5, 0.6) is 0 Å². The number of fused-ring (bicyclic) bond motifs is 2. The molecule has 0 bridgehead atoms. The molecule has 3 heterocycles. The lowest BCUT2D eigenvalue weighted by Crippen LogP contribution is -1.99. The van der Waals surface area contributed by atoms with E-state index in [9.17, 15) is 4.39 Å². The second-order valence-corrected chi connectivity index (χ2v) is 7.91. The van der Waals surface area contributed by atoms with Gasteiger partial charge in [-0.2, -0.15) is 0 Å². The fourth-order valence-corrected chi connectivity index (χ4v) is 4.18. The lowest BCUT2D eigenvalue weighted by Gasteiger charge is -2.05. The van der Waals surface area contributed by atoms with Gasteiger partial charge in [-0.25, -0.2) is 19.3 Å². The van der Waals surface area contributed by atoms with E-state index in [1.54, 1.807) is 6.33 Å². The van der Waals surface area contributed by atoms with Gasteiger partial charge >= 0.3 is 0 Å². The van der Waals surface area contributed by atoms with Crippen molar-refractivity contribution in [1.29, 1.82) is 0 Å². The summed E-state index contributed by atoms with van der Waals surface area (Å²) in [6, 6.07) is 7.38. The Morgan fingerprint density at radius 2 is 1.69 bits per heavy atom. The SMILES string of the molecule is C1CCCCC1.CC.Nc1nc2ccc(Cn3cnc4cc(F)cnc43)cc2s1. The monoisotopic (exact) mass is 413 g/mol. The molecule has 0 saturated heterocycles. The maximum absolute atomic E-state index is 13.1. The van der Waals surface area contributed by atoms with Gasteiger partial charge in [0.15, 0.2) is 10.8 Å². The summed E-state index contributed by atoms with van der Waals surface area (Å²) in [5, 5.41) is 0.562. The number of benzene rings is 1. The number of nitrogen functional groups attached to an aromatic ring is 1. The molecule has 3 aromatic heterocycles. The number of anilines is 1. The van der Waals surface area contributed by atoms with Gasteiger partial charge in [0.1, 0.15) is 11.3 Å². The number of aromatic nitrogens is 4. The number of nitrogens with zero attached hydrogens (tertiary/aromatic N) is 4. The summed E-state index contributed by atoms with van der Waals surface area (Å²) in [5.41, 5.74) is 8.93. The van der Waals surface area contributed by atoms with E-state index >= 15 is 0 Å². The second-order valence-electron chi connectivity index (χ2n) is 6.84. The van der Waals surface area contributed by atoms with Crippen LogP contribution >= 0.6 is 11.3 Å². The second kappa shape index (κ2) is 10.3. The van der Waals surface area contributed by atoms with E-state index in [0.717, 1.165) is 15.8 Å². The standard InChI is InChI=1S/C14H10FN5S.C6H12.C2H6/c15-9-4-11-13(17-5-9)20(7-18-11)6-8-1-2-10-12(3-8)21-14(16)19-10;1-2-4-6-5-3-1;1-2/h1-5,7H,6H2,(H2,16,19);1-6H2;1-2H3. The number of imidazole rings is 1. The Kier molecular flexibility index (Phi) is 7.52. The van der Waals surface area contributed by atoms with Crippen molar-refractivity contribution in [2.24, 2.45) is 0 Å². The van der Waals surface area contributed by atoms with Crippen molar-refractivity contribution in [3.63, 3.8) is 0 Å². The van der Waals surface area contributed by atoms with Gasteiger partial charge in [-0.3, -0.25) is 0 Å². The van der Waals surface area contributed by atoms with Gasteiger partial charge in [-0.05, 0) is 17.7 Å². The smallest absolute Gasteiger partial charge is 0.181 e. The Morgan fingerprint density at radius 1 is 1.00 bits per heavy atom. The molecule has 5 rings (SSSR count). The van der Waals surface area contributed by atoms with Crippen molar-refractivity contribution in [2.75, 3.05) is 5.73 Å². The van der Waals surface area contributed by atoms with Crippen molar-refractivity contribution in [3.05, 3.63) is 48.2 Å². The molecular weight excluding hydrogens is 385 g/mol. The molecule has 0 atom stereocenters. The topological polar surface area (TPSA) is 69.6 Å². The molecule has 29 heavy (non-hydrogen) atoms. The summed E-state index contributed by atoms with van der Waals surface area (Å²) in [4.78, 5) is 12.5. The number of pyridine rings is 1. The average Bonchev–Trinajstić information content (AvgIpc) is 3.33. The summed E-state index contributed by atoms with van der Waals surface area (Å²) >= 11 is 1.46. The number of nitrogens with two attached hydrogens (primary N) is 1. The van der Waals surface area contributed by atoms with Crippen molar-refractivity contribution < 1.29 is 4.39 Å². The first-order chi connectivity index (χ1) is 14.2. The zero-order chi connectivity index (χ0) is 20.6. The zero-order valence-corrected chi connectivity index (χ0v) is 17.9. The Hall–Kier alpha value is -2.54. The van der Waals surface area contributed by atoms with E-state index in [-0.39, 0.29) is 5.82 Å². The predicted octanol–water partition coefficient (Wildman–Crippen LogP) is 6.18. The molecule has 0 spiro atoms. The third kappa shape index (κ3) is 5.50. The minimum Gasteiger partial charge on any atom is -0.375 e. The van der Waals surface area contributed by atoms with Crippen LogP contribution in [0.25, 0.3) is 21.4 Å². The quantitative estimate of drug-likeness (QED) is 0.426. The minimum atomic E-state index is -0.380. The molecule has 1 aliphatic rings. The molecule has 0 aliphatic heterocycles. The van der Waals surface area contributed by atoms with E-state index < -0.39 is 0 Å². The van der Waals surface area contributed by atoms with Gasteiger partial charge in [0.25, 0.3) is 0 Å². The fraction of sp³-hybridized carbons (Fsp3) is 0.409. The largest absolute Gasteiger partial charge is 0.375 e. The molecule has 1 saturated carbocycles. The summed E-state index contributed by atoms with van der Waals surface area (Å²) in [7, 11) is 0. The lowest BCUT2D eigenvalue weighted by molar-refractivity contribution is 0.504. The van der Waals surface area contributed by atoms with Crippen LogP contribution in [0.4, 0.5) is 9.52 Å². The van der Waals surface area contributed by atoms with Gasteiger partial charge in [0.2, 0.25) is 0 Å². The fourth-order valence-electron chi connectivity index (χ4n) is 3.38. The van der Waals surface area contributed by atoms with Crippen LogP contribution in [0.1, 0.15) is 57.9 Å². The Labute approximate surface area is 174 Å². The molecule has 0 amide bonds. The first-order valence-corrected chi connectivity index (χ1v) is 11.1. The van der Waals surface area contributed by atoms with Crippen molar-refractivity contribution in [2.45, 2.75) is 58.9 Å². The van der Waals surface area contributed by atoms with Gasteiger partial charge in [0, 0.05) is 6.07 Å². The number of halogens is 1. The Morgan fingerprint density at radius 3 is 2.38 bits per heavy atom. The normalized spacial score (nSPS) is 13.5. The van der Waals surface area contributed by atoms with E-state index in [1.165, 1.54) is 62.1 Å². The molecular formula is C22H28FN5S. The maximum atomic E-state index is 13.1. The minimum absolute atomic E-state index is 0.380. The van der Waals surface area contributed by atoms with E-state index in [0.29, 0.717) is 22.8 Å². The zero-order valence-electron chi connectivity index (χ0n) is 17.1. The van der Waals surface area contributed by atoms with Crippen LogP contribution in [-0.2, 0) is 6.54 Å². The summed E-state index contributed by atoms with van der Waals surface area (Å²) in [6.45, 7) is 4.61. The maximum Gasteiger partial charge on any atom is 0.181 e. The van der Waals surface area contributed by atoms with E-state index in [2.05, 4.69) is 21.0 Å². The molecule has 7 heteroatoms. The van der Waals surface area contributed by atoms with Crippen molar-refractivity contribution in [1.82, 2.24) is 19.5 Å². The van der Waals surface area contributed by atoms with Gasteiger partial charge in [0.05, 0.1) is 29.3 Å². The summed E-state index contributed by atoms with van der Waals surface area (Å²) < 4.78 is 16.1. The number of thiazole rings is 1. The summed E-state index contributed by atoms with van der Waals surface area (Å²) in [6.07, 6.45) is 11.9. The summed E-state index contributed by atoms with van der Waals surface area (Å²) in [5.74, 6) is -0.380. The van der Waals surface area contributed by atoms with E-state index in [1.807, 2.05) is 30.5 Å². The van der Waals surface area contributed by atoms with Gasteiger partial charge < -0.3 is 10.3 Å². The number of hydrogen-bond acceptors (Lipinski definition) is 5. The molecule has 2 N–H and O–H groups in total. The highest BCUT2D eigenvalue weighted by Gasteiger charge is 2.07. The van der Waals surface area contributed by atoms with Crippen molar-refractivity contribution >= 4 is 37.8 Å². The molecule has 4 aromatic rings. The molecule has 1 aromatic carbocycles. The number of hydrogen-bond donors (Lipinski definition) is 1. The molecule has 1 fully saturated rings. The first-order valence-electron chi connectivity index (χ1n) is 10.3. The van der Waals surface area contributed by atoms with Crippen LogP contribution in [-0.4, -0.2) is 19.5 Å². The van der Waals surface area contributed by atoms with Crippen LogP contribution in [0.3, 0.4) is 0 Å². The highest BCUT2D eigenvalue weighted by molar-refractivity contribution is 7.22. The van der Waals surface area contributed by atoms with Crippen molar-refractivity contribution in [3.8, 4) is 0 Å². The van der Waals surface area contributed by atoms with Crippen LogP contribution < -0.4 is 5.73 Å². The third-order valence-corrected chi connectivity index (χ3v) is 5.59.